The molecule has 2 rings (SSSR count). The average Bonchev–Trinajstić information content (AvgIpc) is 2.59. The Labute approximate surface area is 123 Å². The van der Waals surface area contributed by atoms with Crippen LogP contribution in [-0.2, 0) is 9.53 Å². The Morgan fingerprint density at radius 2 is 1.90 bits per heavy atom. The predicted octanol–water partition coefficient (Wildman–Crippen LogP) is 4.55. The molecule has 0 aromatic rings. The van der Waals surface area contributed by atoms with Crippen LogP contribution in [0.5, 0.6) is 0 Å². The van der Waals surface area contributed by atoms with Gasteiger partial charge >= 0.3 is 5.97 Å². The van der Waals surface area contributed by atoms with Gasteiger partial charge < -0.3 is 4.74 Å². The Morgan fingerprint density at radius 3 is 2.55 bits per heavy atom. The van der Waals surface area contributed by atoms with Gasteiger partial charge in [-0.15, -0.1) is 0 Å². The molecule has 0 N–H and O–H groups in total. The van der Waals surface area contributed by atoms with Gasteiger partial charge in [0.1, 0.15) is 0 Å². The van der Waals surface area contributed by atoms with Gasteiger partial charge in [-0.05, 0) is 38.2 Å². The van der Waals surface area contributed by atoms with E-state index in [1.54, 1.807) is 10.8 Å². The van der Waals surface area contributed by atoms with Crippen LogP contribution < -0.4 is 0 Å². The van der Waals surface area contributed by atoms with E-state index in [9.17, 15) is 4.79 Å². The fourth-order valence-corrected chi connectivity index (χ4v) is 5.16. The highest BCUT2D eigenvalue weighted by molar-refractivity contribution is 6.84. The summed E-state index contributed by atoms with van der Waals surface area (Å²) in [5, 5.41) is 1.62. The third kappa shape index (κ3) is 3.32. The highest BCUT2D eigenvalue weighted by atomic mass is 28.3. The Kier molecular flexibility index (Phi) is 4.69. The minimum absolute atomic E-state index is 0.120. The normalized spacial score (nSPS) is 19.8. The molecule has 0 saturated carbocycles. The lowest BCUT2D eigenvalue weighted by Crippen LogP contribution is -2.27. The second-order valence-electron chi connectivity index (χ2n) is 6.65. The van der Waals surface area contributed by atoms with Crippen molar-refractivity contribution in [3.05, 3.63) is 34.1 Å². The van der Waals surface area contributed by atoms with Crippen molar-refractivity contribution in [3.8, 4) is 0 Å². The third-order valence-corrected chi connectivity index (χ3v) is 6.20. The summed E-state index contributed by atoms with van der Waals surface area (Å²) < 4.78 is 5.17. The first-order chi connectivity index (χ1) is 9.43. The molecule has 0 aromatic heterocycles. The molecule has 0 atom stereocenters. The predicted molar refractivity (Wildman–Crippen MR) is 86.3 cm³/mol. The first-order valence-electron chi connectivity index (χ1n) is 7.71. The summed E-state index contributed by atoms with van der Waals surface area (Å²) in [5.41, 5.74) is 3.92. The molecule has 0 fully saturated rings. The highest BCUT2D eigenvalue weighted by Gasteiger charge is 2.28. The molecule has 0 unspecified atom stereocenters. The van der Waals surface area contributed by atoms with E-state index in [-0.39, 0.29) is 5.97 Å². The molecule has 2 nitrogen and oxygen atoms in total. The Hall–Kier alpha value is -1.09. The minimum Gasteiger partial charge on any atom is -0.463 e. The average molecular weight is 290 g/mol. The molecule has 0 heterocycles. The van der Waals surface area contributed by atoms with E-state index in [0.717, 1.165) is 37.7 Å². The Morgan fingerprint density at radius 1 is 1.20 bits per heavy atom. The monoisotopic (exact) mass is 290 g/mol. The molecule has 0 amide bonds. The number of ether oxygens (including phenoxy) is 1. The fraction of sp³-hybridized carbons (Fsp3) is 0.588. The van der Waals surface area contributed by atoms with Crippen molar-refractivity contribution in [1.82, 2.24) is 0 Å². The van der Waals surface area contributed by atoms with Crippen molar-refractivity contribution >= 4 is 14.0 Å². The molecule has 0 aliphatic heterocycles. The topological polar surface area (TPSA) is 26.3 Å². The molecule has 0 bridgehead atoms. The molecule has 20 heavy (non-hydrogen) atoms. The van der Waals surface area contributed by atoms with Gasteiger partial charge in [-0.2, -0.15) is 0 Å². The van der Waals surface area contributed by atoms with Gasteiger partial charge in [0.15, 0.2) is 0 Å². The van der Waals surface area contributed by atoms with Gasteiger partial charge in [-0.1, -0.05) is 42.6 Å². The first-order valence-corrected chi connectivity index (χ1v) is 11.2. The molecule has 0 radical (unpaired) electrons. The van der Waals surface area contributed by atoms with E-state index in [0.29, 0.717) is 6.61 Å². The number of carbonyl (C=O) groups excluding carboxylic acids is 1. The van der Waals surface area contributed by atoms with Crippen LogP contribution >= 0.6 is 0 Å². The summed E-state index contributed by atoms with van der Waals surface area (Å²) in [6, 6.07) is 0. The van der Waals surface area contributed by atoms with Crippen LogP contribution in [0.2, 0.25) is 19.6 Å². The highest BCUT2D eigenvalue weighted by Crippen LogP contribution is 2.38. The zero-order chi connectivity index (χ0) is 14.8. The number of rotatable bonds is 3. The van der Waals surface area contributed by atoms with E-state index >= 15 is 0 Å². The quantitative estimate of drug-likeness (QED) is 0.563. The van der Waals surface area contributed by atoms with E-state index < -0.39 is 8.07 Å². The zero-order valence-electron chi connectivity index (χ0n) is 13.2. The first kappa shape index (κ1) is 15.3. The van der Waals surface area contributed by atoms with Crippen molar-refractivity contribution in [1.29, 1.82) is 0 Å². The van der Waals surface area contributed by atoms with Crippen molar-refractivity contribution in [2.45, 2.75) is 58.7 Å². The summed E-state index contributed by atoms with van der Waals surface area (Å²) >= 11 is 0. The molecule has 0 saturated heterocycles. The van der Waals surface area contributed by atoms with Crippen LogP contribution in [0.25, 0.3) is 0 Å². The fourth-order valence-electron chi connectivity index (χ4n) is 3.19. The van der Waals surface area contributed by atoms with Gasteiger partial charge in [0.05, 0.1) is 14.7 Å². The molecular weight excluding hydrogens is 264 g/mol. The van der Waals surface area contributed by atoms with Crippen LogP contribution in [0.3, 0.4) is 0 Å². The Bertz CT molecular complexity index is 490. The van der Waals surface area contributed by atoms with Gasteiger partial charge in [0, 0.05) is 12.0 Å². The largest absolute Gasteiger partial charge is 0.463 e. The van der Waals surface area contributed by atoms with Gasteiger partial charge in [0.25, 0.3) is 0 Å². The minimum atomic E-state index is -1.29. The van der Waals surface area contributed by atoms with Crippen molar-refractivity contribution in [3.63, 3.8) is 0 Å². The molecule has 2 aliphatic rings. The third-order valence-electron chi connectivity index (χ3n) is 4.08. The summed E-state index contributed by atoms with van der Waals surface area (Å²) in [5.74, 6) is -0.120. The van der Waals surface area contributed by atoms with E-state index in [2.05, 4.69) is 31.8 Å². The van der Waals surface area contributed by atoms with Crippen LogP contribution in [0.4, 0.5) is 0 Å². The number of hydrogen-bond acceptors (Lipinski definition) is 2. The van der Waals surface area contributed by atoms with E-state index in [1.165, 1.54) is 5.57 Å². The Balaban J connectivity index is 2.26. The van der Waals surface area contributed by atoms with Gasteiger partial charge in [0.2, 0.25) is 0 Å². The molecule has 3 heteroatoms. The summed E-state index contributed by atoms with van der Waals surface area (Å²) in [6.07, 6.45) is 9.66. The summed E-state index contributed by atoms with van der Waals surface area (Å²) in [6.45, 7) is 9.58. The van der Waals surface area contributed by atoms with E-state index in [1.807, 2.05) is 6.92 Å². The summed E-state index contributed by atoms with van der Waals surface area (Å²) in [7, 11) is -1.29. The number of hydrogen-bond donors (Lipinski definition) is 0. The second kappa shape index (κ2) is 6.13. The smallest absolute Gasteiger partial charge is 0.333 e. The van der Waals surface area contributed by atoms with Crippen molar-refractivity contribution in [2.24, 2.45) is 0 Å². The maximum atomic E-state index is 12.0. The lowest BCUT2D eigenvalue weighted by atomic mass is 9.92. The molecule has 0 aromatic carbocycles. The van der Waals surface area contributed by atoms with Crippen molar-refractivity contribution in [2.75, 3.05) is 6.61 Å². The van der Waals surface area contributed by atoms with Gasteiger partial charge in [-0.3, -0.25) is 0 Å². The van der Waals surface area contributed by atoms with Crippen LogP contribution in [0, 0.1) is 0 Å². The van der Waals surface area contributed by atoms with Crippen LogP contribution in [-0.4, -0.2) is 20.7 Å². The SMILES string of the molecule is CCOC(=O)C1=CCCC2=C(CCC=C2[Si](C)(C)C)C1. The molecule has 110 valence electrons. The molecule has 2 aliphatic carbocycles. The molecule has 0 spiro atoms. The molecular formula is C17H26O2Si. The standard InChI is InChI=1S/C17H26O2Si/c1-5-19-17(18)14-9-6-10-15-13(12-14)8-7-11-16(15)20(2,3)4/h9,11H,5-8,10,12H2,1-4H3. The maximum absolute atomic E-state index is 12.0. The van der Waals surface area contributed by atoms with Crippen LogP contribution in [0.1, 0.15) is 39.0 Å². The maximum Gasteiger partial charge on any atom is 0.333 e. The van der Waals surface area contributed by atoms with Crippen LogP contribution in [0.15, 0.2) is 34.1 Å². The van der Waals surface area contributed by atoms with Crippen molar-refractivity contribution < 1.29 is 9.53 Å². The number of allylic oxidation sites excluding steroid dienone is 5. The number of carbonyl (C=O) groups is 1. The lowest BCUT2D eigenvalue weighted by molar-refractivity contribution is -0.138. The second-order valence-corrected chi connectivity index (χ2v) is 11.7. The summed E-state index contributed by atoms with van der Waals surface area (Å²) in [4.78, 5) is 12.0. The van der Waals surface area contributed by atoms with E-state index in [4.69, 9.17) is 4.74 Å². The zero-order valence-corrected chi connectivity index (χ0v) is 14.2. The van der Waals surface area contributed by atoms with Gasteiger partial charge in [-0.25, -0.2) is 4.79 Å². The lowest BCUT2D eigenvalue weighted by Gasteiger charge is -2.29. The number of esters is 1.